The fraction of sp³-hybridized carbons (Fsp3) is 0.350. The molecule has 0 unspecified atom stereocenters. The Labute approximate surface area is 172 Å². The van der Waals surface area contributed by atoms with Crippen LogP contribution in [0.5, 0.6) is 5.75 Å². The first-order valence-electron chi connectivity index (χ1n) is 8.84. The van der Waals surface area contributed by atoms with Gasteiger partial charge in [0.05, 0.1) is 25.9 Å². The minimum Gasteiger partial charge on any atom is -0.497 e. The number of hydrogen-bond acceptors (Lipinski definition) is 8. The largest absolute Gasteiger partial charge is 0.497 e. The van der Waals surface area contributed by atoms with Crippen LogP contribution in [0.1, 0.15) is 42.9 Å². The number of amides is 1. The number of benzene rings is 1. The van der Waals surface area contributed by atoms with Gasteiger partial charge in [0.25, 0.3) is 5.91 Å². The summed E-state index contributed by atoms with van der Waals surface area (Å²) in [4.78, 5) is 37.6. The second kappa shape index (κ2) is 10.6. The Kier molecular flexibility index (Phi) is 8.17. The van der Waals surface area contributed by atoms with E-state index in [2.05, 4.69) is 5.32 Å². The van der Waals surface area contributed by atoms with Gasteiger partial charge in [0.15, 0.2) is 0 Å². The molecule has 1 N–H and O–H groups in total. The summed E-state index contributed by atoms with van der Waals surface area (Å²) in [5.74, 6) is -1.04. The van der Waals surface area contributed by atoms with Crippen LogP contribution in [0.3, 0.4) is 0 Å². The molecule has 1 heterocycles. The molecule has 0 saturated carbocycles. The predicted molar refractivity (Wildman–Crippen MR) is 108 cm³/mol. The Morgan fingerprint density at radius 1 is 1.00 bits per heavy atom. The van der Waals surface area contributed by atoms with Gasteiger partial charge in [-0.1, -0.05) is 0 Å². The summed E-state index contributed by atoms with van der Waals surface area (Å²) in [5.41, 5.74) is 0.897. The number of rotatable bonds is 9. The van der Waals surface area contributed by atoms with Crippen molar-refractivity contribution in [1.29, 1.82) is 0 Å². The van der Waals surface area contributed by atoms with E-state index in [1.807, 2.05) is 0 Å². The van der Waals surface area contributed by atoms with E-state index in [4.69, 9.17) is 18.9 Å². The Hall–Kier alpha value is -2.91. The second-order valence-electron chi connectivity index (χ2n) is 5.79. The van der Waals surface area contributed by atoms with Crippen molar-refractivity contribution >= 4 is 34.2 Å². The highest BCUT2D eigenvalue weighted by Gasteiger charge is 2.27. The zero-order chi connectivity index (χ0) is 21.4. The highest BCUT2D eigenvalue weighted by molar-refractivity contribution is 7.18. The molecule has 1 aromatic heterocycles. The first-order valence-corrected chi connectivity index (χ1v) is 9.66. The first-order chi connectivity index (χ1) is 13.9. The summed E-state index contributed by atoms with van der Waals surface area (Å²) in [6, 6.07) is 6.50. The molecule has 0 fully saturated rings. The summed E-state index contributed by atoms with van der Waals surface area (Å²) >= 11 is 0.964. The molecule has 0 spiro atoms. The van der Waals surface area contributed by atoms with Crippen molar-refractivity contribution in [2.45, 2.75) is 13.8 Å². The van der Waals surface area contributed by atoms with Gasteiger partial charge in [-0.3, -0.25) is 4.79 Å². The molecule has 2 rings (SSSR count). The molecule has 1 aromatic carbocycles. The molecule has 9 heteroatoms. The average molecular weight is 421 g/mol. The lowest BCUT2D eigenvalue weighted by Gasteiger charge is -2.07. The van der Waals surface area contributed by atoms with E-state index in [0.29, 0.717) is 16.9 Å². The van der Waals surface area contributed by atoms with Gasteiger partial charge < -0.3 is 24.3 Å². The van der Waals surface area contributed by atoms with Crippen LogP contribution in [0.25, 0.3) is 0 Å². The monoisotopic (exact) mass is 421 g/mol. The van der Waals surface area contributed by atoms with Crippen molar-refractivity contribution in [3.05, 3.63) is 45.8 Å². The molecule has 0 bridgehead atoms. The maximum absolute atomic E-state index is 12.6. The van der Waals surface area contributed by atoms with E-state index in [-0.39, 0.29) is 35.3 Å². The molecule has 1 amide bonds. The van der Waals surface area contributed by atoms with Crippen LogP contribution in [0.2, 0.25) is 0 Å². The Bertz CT molecular complexity index is 874. The summed E-state index contributed by atoms with van der Waals surface area (Å²) in [5, 5.41) is 2.92. The first kappa shape index (κ1) is 22.4. The number of methoxy groups -OCH3 is 2. The normalized spacial score (nSPS) is 10.3. The van der Waals surface area contributed by atoms with Crippen LogP contribution < -0.4 is 10.1 Å². The summed E-state index contributed by atoms with van der Waals surface area (Å²) < 4.78 is 20.2. The Balaban J connectivity index is 2.32. The van der Waals surface area contributed by atoms with Crippen molar-refractivity contribution in [3.63, 3.8) is 0 Å². The number of ether oxygens (including phenoxy) is 4. The molecule has 156 valence electrons. The van der Waals surface area contributed by atoms with Crippen molar-refractivity contribution in [1.82, 2.24) is 0 Å². The minimum atomic E-state index is -0.623. The number of thiophene rings is 1. The van der Waals surface area contributed by atoms with Gasteiger partial charge in [-0.25, -0.2) is 9.59 Å². The smallest absolute Gasteiger partial charge is 0.348 e. The number of hydrogen-bond donors (Lipinski definition) is 1. The van der Waals surface area contributed by atoms with E-state index in [1.54, 1.807) is 38.1 Å². The molecular weight excluding hydrogens is 398 g/mol. The number of carbonyl (C=O) groups is 3. The summed E-state index contributed by atoms with van der Waals surface area (Å²) in [6.07, 6.45) is 0. The molecule has 2 aromatic rings. The van der Waals surface area contributed by atoms with Crippen molar-refractivity contribution in [3.8, 4) is 5.75 Å². The molecule has 8 nitrogen and oxygen atoms in total. The molecule has 29 heavy (non-hydrogen) atoms. The lowest BCUT2D eigenvalue weighted by Crippen LogP contribution is -2.15. The summed E-state index contributed by atoms with van der Waals surface area (Å²) in [7, 11) is 3.03. The number of anilines is 1. The Morgan fingerprint density at radius 3 is 2.28 bits per heavy atom. The molecule has 0 aliphatic heterocycles. The number of carbonyl (C=O) groups excluding carboxylic acids is 3. The SMILES string of the molecule is CCOC(=O)c1c(NC(=O)c2ccc(OC)cc2)sc(C(=O)OCCOC)c1C. The topological polar surface area (TPSA) is 100 Å². The van der Waals surface area contributed by atoms with Crippen LogP contribution in [0, 0.1) is 6.92 Å². The average Bonchev–Trinajstić information content (AvgIpc) is 3.04. The maximum atomic E-state index is 12.6. The van der Waals surface area contributed by atoms with Crippen molar-refractivity contribution in [2.24, 2.45) is 0 Å². The van der Waals surface area contributed by atoms with Crippen LogP contribution in [0.15, 0.2) is 24.3 Å². The van der Waals surface area contributed by atoms with Crippen molar-refractivity contribution < 1.29 is 33.3 Å². The third kappa shape index (κ3) is 5.55. The van der Waals surface area contributed by atoms with Gasteiger partial charge >= 0.3 is 11.9 Å². The van der Waals surface area contributed by atoms with E-state index in [1.165, 1.54) is 14.2 Å². The molecule has 0 aliphatic rings. The molecule has 0 aliphatic carbocycles. The lowest BCUT2D eigenvalue weighted by molar-refractivity contribution is 0.0392. The van der Waals surface area contributed by atoms with Crippen LogP contribution in [-0.4, -0.2) is 51.9 Å². The van der Waals surface area contributed by atoms with Crippen LogP contribution >= 0.6 is 11.3 Å². The van der Waals surface area contributed by atoms with E-state index < -0.39 is 17.8 Å². The third-order valence-corrected chi connectivity index (χ3v) is 5.10. The van der Waals surface area contributed by atoms with Gasteiger partial charge in [0.2, 0.25) is 0 Å². The van der Waals surface area contributed by atoms with E-state index in [0.717, 1.165) is 11.3 Å². The summed E-state index contributed by atoms with van der Waals surface area (Å²) in [6.45, 7) is 3.78. The number of esters is 2. The van der Waals surface area contributed by atoms with Gasteiger partial charge in [-0.2, -0.15) is 0 Å². The van der Waals surface area contributed by atoms with Gasteiger partial charge in [-0.05, 0) is 43.7 Å². The standard InChI is InChI=1S/C20H23NO7S/c1-5-27-19(23)15-12(2)16(20(24)28-11-10-25-3)29-18(15)21-17(22)13-6-8-14(26-4)9-7-13/h6-9H,5,10-11H2,1-4H3,(H,21,22). The fourth-order valence-electron chi connectivity index (χ4n) is 2.45. The molecule has 0 atom stereocenters. The Morgan fingerprint density at radius 2 is 1.69 bits per heavy atom. The highest BCUT2D eigenvalue weighted by atomic mass is 32.1. The lowest BCUT2D eigenvalue weighted by atomic mass is 10.1. The fourth-order valence-corrected chi connectivity index (χ4v) is 3.53. The van der Waals surface area contributed by atoms with Crippen LogP contribution in [-0.2, 0) is 14.2 Å². The maximum Gasteiger partial charge on any atom is 0.348 e. The molecule has 0 saturated heterocycles. The zero-order valence-corrected chi connectivity index (χ0v) is 17.5. The van der Waals surface area contributed by atoms with Gasteiger partial charge in [0, 0.05) is 12.7 Å². The van der Waals surface area contributed by atoms with Gasteiger partial charge in [-0.15, -0.1) is 11.3 Å². The molecular formula is C20H23NO7S. The third-order valence-electron chi connectivity index (χ3n) is 3.91. The highest BCUT2D eigenvalue weighted by Crippen LogP contribution is 2.34. The number of nitrogens with one attached hydrogen (secondary N) is 1. The zero-order valence-electron chi connectivity index (χ0n) is 16.7. The quantitative estimate of drug-likeness (QED) is 0.490. The predicted octanol–water partition coefficient (Wildman–Crippen LogP) is 3.30. The van der Waals surface area contributed by atoms with E-state index in [9.17, 15) is 14.4 Å². The minimum absolute atomic E-state index is 0.0783. The van der Waals surface area contributed by atoms with Gasteiger partial charge in [0.1, 0.15) is 22.2 Å². The van der Waals surface area contributed by atoms with Crippen molar-refractivity contribution in [2.75, 3.05) is 39.4 Å². The second-order valence-corrected chi connectivity index (χ2v) is 6.81. The molecule has 0 radical (unpaired) electrons. The van der Waals surface area contributed by atoms with E-state index >= 15 is 0 Å². The van der Waals surface area contributed by atoms with Crippen LogP contribution in [0.4, 0.5) is 5.00 Å².